The van der Waals surface area contributed by atoms with Gasteiger partial charge in [-0.1, -0.05) is 0 Å². The summed E-state index contributed by atoms with van der Waals surface area (Å²) in [5.74, 6) is 0.214. The fourth-order valence-electron chi connectivity index (χ4n) is 2.62. The molecule has 8 heteroatoms. The van der Waals surface area contributed by atoms with Crippen LogP contribution < -0.4 is 4.72 Å². The van der Waals surface area contributed by atoms with Gasteiger partial charge in [0.25, 0.3) is 10.0 Å². The van der Waals surface area contributed by atoms with E-state index < -0.39 is 10.0 Å². The molecule has 0 spiro atoms. The molecule has 0 fully saturated rings. The lowest BCUT2D eigenvalue weighted by Gasteiger charge is -2.12. The summed E-state index contributed by atoms with van der Waals surface area (Å²) in [6.07, 6.45) is 6.57. The van der Waals surface area contributed by atoms with Crippen molar-refractivity contribution in [1.82, 2.24) is 19.7 Å². The molecule has 2 heterocycles. The number of fused-ring (bicyclic) bond motifs is 1. The fourth-order valence-corrected chi connectivity index (χ4v) is 4.03. The van der Waals surface area contributed by atoms with E-state index in [4.69, 9.17) is 0 Å². The van der Waals surface area contributed by atoms with Crippen LogP contribution in [0.5, 0.6) is 0 Å². The maximum absolute atomic E-state index is 12.6. The molecule has 0 amide bonds. The SMILES string of the molecule is Cc1cnc(NS(=O)(=O)c2c3c(nn2C)CCCC3)cn1. The Hall–Kier alpha value is -1.96. The van der Waals surface area contributed by atoms with Gasteiger partial charge in [0.05, 0.1) is 23.8 Å². The Morgan fingerprint density at radius 2 is 1.95 bits per heavy atom. The van der Waals surface area contributed by atoms with Gasteiger partial charge in [0.15, 0.2) is 10.8 Å². The zero-order chi connectivity index (χ0) is 15.0. The number of aromatic nitrogens is 4. The molecule has 1 aliphatic rings. The lowest BCUT2D eigenvalue weighted by molar-refractivity contribution is 0.579. The van der Waals surface area contributed by atoms with E-state index in [1.807, 2.05) is 0 Å². The third-order valence-electron chi connectivity index (χ3n) is 3.54. The van der Waals surface area contributed by atoms with Crippen molar-refractivity contribution >= 4 is 15.8 Å². The molecule has 0 saturated heterocycles. The summed E-state index contributed by atoms with van der Waals surface area (Å²) in [4.78, 5) is 8.08. The van der Waals surface area contributed by atoms with Gasteiger partial charge in [-0.15, -0.1) is 0 Å². The Balaban J connectivity index is 1.98. The highest BCUT2D eigenvalue weighted by Crippen LogP contribution is 2.27. The molecule has 2 aromatic rings. The quantitative estimate of drug-likeness (QED) is 0.920. The van der Waals surface area contributed by atoms with Crippen LogP contribution in [0.4, 0.5) is 5.82 Å². The number of hydrogen-bond acceptors (Lipinski definition) is 5. The molecule has 0 radical (unpaired) electrons. The lowest BCUT2D eigenvalue weighted by Crippen LogP contribution is -2.19. The molecule has 2 aromatic heterocycles. The lowest BCUT2D eigenvalue weighted by atomic mass is 9.99. The highest BCUT2D eigenvalue weighted by Gasteiger charge is 2.28. The van der Waals surface area contributed by atoms with E-state index in [1.165, 1.54) is 17.1 Å². The van der Waals surface area contributed by atoms with Gasteiger partial charge in [-0.25, -0.2) is 4.98 Å². The van der Waals surface area contributed by atoms with Crippen molar-refractivity contribution in [2.24, 2.45) is 7.05 Å². The van der Waals surface area contributed by atoms with Gasteiger partial charge in [0.2, 0.25) is 0 Å². The Morgan fingerprint density at radius 1 is 1.19 bits per heavy atom. The minimum absolute atomic E-state index is 0.214. The van der Waals surface area contributed by atoms with Gasteiger partial charge < -0.3 is 0 Å². The molecule has 0 aromatic carbocycles. The molecule has 0 bridgehead atoms. The second kappa shape index (κ2) is 5.10. The van der Waals surface area contributed by atoms with Crippen LogP contribution in [0.2, 0.25) is 0 Å². The Kier molecular flexibility index (Phi) is 3.40. The topological polar surface area (TPSA) is 89.8 Å². The minimum Gasteiger partial charge on any atom is -0.261 e. The highest BCUT2D eigenvalue weighted by molar-refractivity contribution is 7.92. The zero-order valence-electron chi connectivity index (χ0n) is 12.0. The van der Waals surface area contributed by atoms with E-state index in [-0.39, 0.29) is 10.8 Å². The molecule has 3 rings (SSSR count). The molecule has 0 saturated carbocycles. The summed E-state index contributed by atoms with van der Waals surface area (Å²) >= 11 is 0. The van der Waals surface area contributed by atoms with E-state index >= 15 is 0 Å². The van der Waals surface area contributed by atoms with Crippen molar-refractivity contribution < 1.29 is 8.42 Å². The number of hydrogen-bond donors (Lipinski definition) is 1. The number of nitrogens with zero attached hydrogens (tertiary/aromatic N) is 4. The van der Waals surface area contributed by atoms with Crippen LogP contribution in [-0.2, 0) is 29.9 Å². The maximum Gasteiger partial charge on any atom is 0.280 e. The average Bonchev–Trinajstić information content (AvgIpc) is 2.77. The van der Waals surface area contributed by atoms with E-state index in [0.717, 1.165) is 42.6 Å². The van der Waals surface area contributed by atoms with Crippen molar-refractivity contribution in [3.05, 3.63) is 29.3 Å². The van der Waals surface area contributed by atoms with Crippen LogP contribution in [0.25, 0.3) is 0 Å². The number of rotatable bonds is 3. The zero-order valence-corrected chi connectivity index (χ0v) is 12.8. The summed E-state index contributed by atoms with van der Waals surface area (Å²) in [5.41, 5.74) is 2.45. The Labute approximate surface area is 123 Å². The largest absolute Gasteiger partial charge is 0.280 e. The molecular weight excluding hydrogens is 290 g/mol. The van der Waals surface area contributed by atoms with Crippen molar-refractivity contribution in [2.75, 3.05) is 4.72 Å². The second-order valence-electron chi connectivity index (χ2n) is 5.21. The van der Waals surface area contributed by atoms with Crippen LogP contribution in [0.3, 0.4) is 0 Å². The predicted molar refractivity (Wildman–Crippen MR) is 77.4 cm³/mol. The van der Waals surface area contributed by atoms with Gasteiger partial charge in [-0.2, -0.15) is 13.5 Å². The first kappa shape index (κ1) is 14.0. The number of aryl methyl sites for hydroxylation is 3. The van der Waals surface area contributed by atoms with Crippen LogP contribution >= 0.6 is 0 Å². The summed E-state index contributed by atoms with van der Waals surface area (Å²) < 4.78 is 29.1. The molecule has 0 unspecified atom stereocenters. The van der Waals surface area contributed by atoms with Crippen molar-refractivity contribution in [2.45, 2.75) is 37.6 Å². The number of sulfonamides is 1. The van der Waals surface area contributed by atoms with Crippen molar-refractivity contribution in [3.63, 3.8) is 0 Å². The van der Waals surface area contributed by atoms with Crippen LogP contribution in [0.1, 0.15) is 29.8 Å². The average molecular weight is 307 g/mol. The molecule has 1 N–H and O–H groups in total. The van der Waals surface area contributed by atoms with E-state index in [9.17, 15) is 8.42 Å². The standard InChI is InChI=1S/C13H17N5O2S/c1-9-7-15-12(8-14-9)17-21(19,20)13-10-5-3-4-6-11(10)16-18(13)2/h7-8H,3-6H2,1-2H3,(H,15,17). The van der Waals surface area contributed by atoms with Gasteiger partial charge in [0, 0.05) is 12.6 Å². The summed E-state index contributed by atoms with van der Waals surface area (Å²) in [5, 5.41) is 4.57. The Bertz CT molecular complexity index is 765. The third kappa shape index (κ3) is 2.63. The normalized spacial score (nSPS) is 14.8. The highest BCUT2D eigenvalue weighted by atomic mass is 32.2. The smallest absolute Gasteiger partial charge is 0.261 e. The molecule has 1 aliphatic carbocycles. The fraction of sp³-hybridized carbons (Fsp3) is 0.462. The van der Waals surface area contributed by atoms with Gasteiger partial charge in [0.1, 0.15) is 0 Å². The summed E-state index contributed by atoms with van der Waals surface area (Å²) in [6.45, 7) is 1.79. The van der Waals surface area contributed by atoms with E-state index in [1.54, 1.807) is 14.0 Å². The van der Waals surface area contributed by atoms with E-state index in [0.29, 0.717) is 0 Å². The predicted octanol–water partition coefficient (Wildman–Crippen LogP) is 1.20. The maximum atomic E-state index is 12.6. The van der Waals surface area contributed by atoms with Gasteiger partial charge >= 0.3 is 0 Å². The molecule has 112 valence electrons. The third-order valence-corrected chi connectivity index (χ3v) is 5.03. The monoisotopic (exact) mass is 307 g/mol. The molecule has 0 aliphatic heterocycles. The van der Waals surface area contributed by atoms with E-state index in [2.05, 4.69) is 19.8 Å². The van der Waals surface area contributed by atoms with Crippen molar-refractivity contribution in [1.29, 1.82) is 0 Å². The van der Waals surface area contributed by atoms with Crippen LogP contribution in [0, 0.1) is 6.92 Å². The summed E-state index contributed by atoms with van der Waals surface area (Å²) in [6, 6.07) is 0. The molecule has 7 nitrogen and oxygen atoms in total. The molecule has 21 heavy (non-hydrogen) atoms. The number of nitrogens with one attached hydrogen (secondary N) is 1. The van der Waals surface area contributed by atoms with Crippen LogP contribution in [0.15, 0.2) is 17.4 Å². The second-order valence-corrected chi connectivity index (χ2v) is 6.81. The van der Waals surface area contributed by atoms with Crippen LogP contribution in [-0.4, -0.2) is 28.2 Å². The van der Waals surface area contributed by atoms with Crippen molar-refractivity contribution in [3.8, 4) is 0 Å². The van der Waals surface area contributed by atoms with Gasteiger partial charge in [-0.3, -0.25) is 14.4 Å². The number of anilines is 1. The minimum atomic E-state index is -3.71. The molecule has 0 atom stereocenters. The Morgan fingerprint density at radius 3 is 2.67 bits per heavy atom. The summed E-state index contributed by atoms with van der Waals surface area (Å²) in [7, 11) is -2.05. The first-order valence-electron chi connectivity index (χ1n) is 6.83. The first-order chi connectivity index (χ1) is 9.97. The molecular formula is C13H17N5O2S. The van der Waals surface area contributed by atoms with Gasteiger partial charge in [-0.05, 0) is 32.6 Å². The first-order valence-corrected chi connectivity index (χ1v) is 8.32.